The van der Waals surface area contributed by atoms with Crippen LogP contribution in [0.4, 0.5) is 5.82 Å². The molecule has 0 saturated carbocycles. The number of nitrogens with zero attached hydrogens (tertiary/aromatic N) is 5. The number of nitrogens with one attached hydrogen (secondary N) is 1. The van der Waals surface area contributed by atoms with Crippen molar-refractivity contribution in [2.45, 2.75) is 37.4 Å². The van der Waals surface area contributed by atoms with Gasteiger partial charge in [-0.3, -0.25) is 4.57 Å². The van der Waals surface area contributed by atoms with Gasteiger partial charge in [0.05, 0.1) is 12.9 Å². The number of hydrazine groups is 1. The zero-order chi connectivity index (χ0) is 16.7. The summed E-state index contributed by atoms with van der Waals surface area (Å²) in [6.45, 7) is 1.51. The first kappa shape index (κ1) is 15.7. The van der Waals surface area contributed by atoms with Gasteiger partial charge in [0.25, 0.3) is 0 Å². The number of ether oxygens (including phenoxy) is 1. The zero-order valence-corrected chi connectivity index (χ0v) is 13.0. The molecule has 4 N–H and O–H groups in total. The normalized spacial score (nSPS) is 31.1. The number of aliphatic hydroxyl groups is 3. The average molecular weight is 336 g/mol. The highest BCUT2D eigenvalue weighted by atomic mass is 16.6. The van der Waals surface area contributed by atoms with Gasteiger partial charge in [0.15, 0.2) is 23.2 Å². The summed E-state index contributed by atoms with van der Waals surface area (Å²) in [6.07, 6.45) is 1.14. The highest BCUT2D eigenvalue weighted by Gasteiger charge is 2.44. The molecule has 0 aromatic carbocycles. The van der Waals surface area contributed by atoms with Crippen molar-refractivity contribution in [2.24, 2.45) is 0 Å². The first-order chi connectivity index (χ1) is 11.7. The van der Waals surface area contributed by atoms with Gasteiger partial charge in [-0.2, -0.15) is 0 Å². The Hall–Kier alpha value is -1.85. The maximum absolute atomic E-state index is 10.2. The summed E-state index contributed by atoms with van der Waals surface area (Å²) < 4.78 is 7.09. The van der Waals surface area contributed by atoms with Gasteiger partial charge in [0.1, 0.15) is 24.6 Å². The average Bonchev–Trinajstić information content (AvgIpc) is 3.30. The molecule has 0 spiro atoms. The van der Waals surface area contributed by atoms with Crippen LogP contribution < -0.4 is 5.43 Å². The number of hydrogen-bond donors (Lipinski definition) is 4. The van der Waals surface area contributed by atoms with Crippen LogP contribution in [0.3, 0.4) is 0 Å². The van der Waals surface area contributed by atoms with Crippen LogP contribution in [0, 0.1) is 0 Å². The van der Waals surface area contributed by atoms with E-state index in [9.17, 15) is 15.3 Å². The van der Waals surface area contributed by atoms with E-state index < -0.39 is 24.5 Å². The van der Waals surface area contributed by atoms with Crippen molar-refractivity contribution < 1.29 is 20.1 Å². The van der Waals surface area contributed by atoms with Crippen LogP contribution in [0.5, 0.6) is 0 Å². The molecular weight excluding hydrogens is 316 g/mol. The Bertz CT molecular complexity index is 718. The van der Waals surface area contributed by atoms with Gasteiger partial charge < -0.3 is 25.5 Å². The van der Waals surface area contributed by atoms with Crippen molar-refractivity contribution >= 4 is 17.0 Å². The van der Waals surface area contributed by atoms with Crippen molar-refractivity contribution in [1.29, 1.82) is 0 Å². The van der Waals surface area contributed by atoms with Crippen LogP contribution in [-0.2, 0) is 4.74 Å². The predicted molar refractivity (Wildman–Crippen MR) is 82.8 cm³/mol. The van der Waals surface area contributed by atoms with Crippen LogP contribution in [-0.4, -0.2) is 77.9 Å². The molecule has 2 aromatic rings. The molecule has 10 nitrogen and oxygen atoms in total. The molecule has 0 amide bonds. The fourth-order valence-corrected chi connectivity index (χ4v) is 3.21. The number of aliphatic hydroxyl groups excluding tert-OH is 3. The third-order valence-electron chi connectivity index (χ3n) is 4.52. The summed E-state index contributed by atoms with van der Waals surface area (Å²) >= 11 is 0. The molecule has 10 heteroatoms. The van der Waals surface area contributed by atoms with Gasteiger partial charge in [0, 0.05) is 13.1 Å². The van der Waals surface area contributed by atoms with E-state index in [1.165, 1.54) is 12.7 Å². The zero-order valence-electron chi connectivity index (χ0n) is 13.0. The lowest BCUT2D eigenvalue weighted by atomic mass is 10.1. The smallest absolute Gasteiger partial charge is 0.172 e. The molecule has 4 rings (SSSR count). The summed E-state index contributed by atoms with van der Waals surface area (Å²) in [7, 11) is 0. The molecule has 0 radical (unpaired) electrons. The van der Waals surface area contributed by atoms with Crippen LogP contribution >= 0.6 is 0 Å². The van der Waals surface area contributed by atoms with Gasteiger partial charge in [-0.15, -0.1) is 0 Å². The van der Waals surface area contributed by atoms with E-state index in [0.717, 1.165) is 25.9 Å². The van der Waals surface area contributed by atoms with Crippen LogP contribution in [0.2, 0.25) is 0 Å². The molecule has 0 unspecified atom stereocenters. The van der Waals surface area contributed by atoms with Crippen LogP contribution in [0.15, 0.2) is 12.7 Å². The van der Waals surface area contributed by atoms with E-state index in [0.29, 0.717) is 17.0 Å². The molecule has 0 aliphatic carbocycles. The number of aromatic nitrogens is 4. The highest BCUT2D eigenvalue weighted by molar-refractivity contribution is 5.82. The Labute approximate surface area is 137 Å². The van der Waals surface area contributed by atoms with Crippen molar-refractivity contribution in [3.05, 3.63) is 12.7 Å². The van der Waals surface area contributed by atoms with E-state index in [4.69, 9.17) is 4.74 Å². The van der Waals surface area contributed by atoms with Crippen LogP contribution in [0.25, 0.3) is 11.2 Å². The van der Waals surface area contributed by atoms with E-state index >= 15 is 0 Å². The minimum Gasteiger partial charge on any atom is -0.394 e. The number of imidazole rings is 1. The van der Waals surface area contributed by atoms with Gasteiger partial charge in [0.2, 0.25) is 0 Å². The van der Waals surface area contributed by atoms with Gasteiger partial charge in [-0.1, -0.05) is 0 Å². The molecule has 2 aliphatic heterocycles. The molecular formula is C14H20N6O4. The van der Waals surface area contributed by atoms with E-state index in [1.807, 2.05) is 0 Å². The summed E-state index contributed by atoms with van der Waals surface area (Å²) in [5.74, 6) is 0.590. The maximum Gasteiger partial charge on any atom is 0.172 e. The largest absolute Gasteiger partial charge is 0.394 e. The lowest BCUT2D eigenvalue weighted by Crippen LogP contribution is -2.33. The second-order valence-corrected chi connectivity index (χ2v) is 6.08. The highest BCUT2D eigenvalue weighted by Crippen LogP contribution is 2.32. The fraction of sp³-hybridized carbons (Fsp3) is 0.643. The fourth-order valence-electron chi connectivity index (χ4n) is 3.21. The predicted octanol–water partition coefficient (Wildman–Crippen LogP) is -1.14. The van der Waals surface area contributed by atoms with E-state index in [-0.39, 0.29) is 6.61 Å². The standard InChI is InChI=1S/C14H20N6O4/c21-5-8-10(22)11(23)14(24-8)20-7-17-9-12(15-6-16-13(9)20)18-19-3-1-2-4-19/h6-8,10-11,14,21-23H,1-5H2,(H,15,16,18)/t8-,10-,11-,14-/m1/s1. The summed E-state index contributed by atoms with van der Waals surface area (Å²) in [5, 5.41) is 31.4. The quantitative estimate of drug-likeness (QED) is 0.547. The van der Waals surface area contributed by atoms with E-state index in [1.54, 1.807) is 4.57 Å². The Kier molecular flexibility index (Phi) is 4.06. The molecule has 2 aromatic heterocycles. The summed E-state index contributed by atoms with van der Waals surface area (Å²) in [5.41, 5.74) is 4.29. The second-order valence-electron chi connectivity index (χ2n) is 6.08. The van der Waals surface area contributed by atoms with Gasteiger partial charge >= 0.3 is 0 Å². The topological polar surface area (TPSA) is 129 Å². The van der Waals surface area contributed by atoms with Crippen molar-refractivity contribution in [2.75, 3.05) is 25.1 Å². The van der Waals surface area contributed by atoms with Crippen LogP contribution in [0.1, 0.15) is 19.1 Å². The molecule has 4 heterocycles. The first-order valence-corrected chi connectivity index (χ1v) is 8.00. The minimum absolute atomic E-state index is 0.377. The molecule has 0 bridgehead atoms. The molecule has 130 valence electrons. The monoisotopic (exact) mass is 336 g/mol. The Morgan fingerprint density at radius 1 is 1.17 bits per heavy atom. The second kappa shape index (κ2) is 6.22. The summed E-state index contributed by atoms with van der Waals surface area (Å²) in [6, 6.07) is 0. The lowest BCUT2D eigenvalue weighted by molar-refractivity contribution is -0.0511. The Balaban J connectivity index is 1.65. The van der Waals surface area contributed by atoms with Gasteiger partial charge in [-0.05, 0) is 12.8 Å². The number of fused-ring (bicyclic) bond motifs is 1. The third-order valence-corrected chi connectivity index (χ3v) is 4.52. The lowest BCUT2D eigenvalue weighted by Gasteiger charge is -2.18. The molecule has 4 atom stereocenters. The third kappa shape index (κ3) is 2.52. The van der Waals surface area contributed by atoms with Crippen molar-refractivity contribution in [3.63, 3.8) is 0 Å². The number of hydrogen-bond acceptors (Lipinski definition) is 9. The Morgan fingerprint density at radius 2 is 1.96 bits per heavy atom. The molecule has 2 aliphatic rings. The SMILES string of the molecule is OC[C@H]1O[C@@H](n2cnc3c(NN4CCCC4)ncnc32)[C@H](O)[C@@H]1O. The number of rotatable bonds is 4. The minimum atomic E-state index is -1.18. The Morgan fingerprint density at radius 3 is 2.67 bits per heavy atom. The molecule has 2 saturated heterocycles. The molecule has 2 fully saturated rings. The molecule has 24 heavy (non-hydrogen) atoms. The summed E-state index contributed by atoms with van der Waals surface area (Å²) in [4.78, 5) is 12.8. The van der Waals surface area contributed by atoms with Gasteiger partial charge in [-0.25, -0.2) is 20.0 Å². The van der Waals surface area contributed by atoms with Crippen molar-refractivity contribution in [3.8, 4) is 0 Å². The number of anilines is 1. The first-order valence-electron chi connectivity index (χ1n) is 8.00. The maximum atomic E-state index is 10.2. The van der Waals surface area contributed by atoms with E-state index in [2.05, 4.69) is 25.4 Å². The van der Waals surface area contributed by atoms with Crippen molar-refractivity contribution in [1.82, 2.24) is 24.5 Å².